The van der Waals surface area contributed by atoms with Crippen molar-refractivity contribution in [1.82, 2.24) is 9.97 Å². The molecule has 7 nitrogen and oxygen atoms in total. The van der Waals surface area contributed by atoms with Gasteiger partial charge >= 0.3 is 0 Å². The van der Waals surface area contributed by atoms with Crippen LogP contribution in [0, 0.1) is 0 Å². The fraction of sp³-hybridized carbons (Fsp3) is 0.316. The number of hydrogen-bond acceptors (Lipinski definition) is 7. The van der Waals surface area contributed by atoms with Crippen molar-refractivity contribution in [2.24, 2.45) is 11.5 Å². The van der Waals surface area contributed by atoms with Crippen LogP contribution in [0.25, 0.3) is 10.2 Å². The molecule has 0 spiro atoms. The Morgan fingerprint density at radius 3 is 2.89 bits per heavy atom. The van der Waals surface area contributed by atoms with Gasteiger partial charge in [0.2, 0.25) is 0 Å². The van der Waals surface area contributed by atoms with Crippen LogP contribution >= 0.6 is 11.3 Å². The van der Waals surface area contributed by atoms with E-state index in [1.807, 2.05) is 23.6 Å². The molecule has 1 amide bonds. The molecule has 6 N–H and O–H groups in total. The number of hydrogen-bond donors (Lipinski definition) is 4. The van der Waals surface area contributed by atoms with Crippen LogP contribution in [0.4, 0.5) is 17.2 Å². The molecular formula is C19H22N6OS. The van der Waals surface area contributed by atoms with Crippen molar-refractivity contribution in [3.05, 3.63) is 41.5 Å². The number of pyridine rings is 2. The highest BCUT2D eigenvalue weighted by Gasteiger charge is 2.22. The minimum Gasteiger partial charge on any atom is -0.366 e. The summed E-state index contributed by atoms with van der Waals surface area (Å²) in [6.45, 7) is 0. The van der Waals surface area contributed by atoms with E-state index < -0.39 is 5.91 Å². The Morgan fingerprint density at radius 1 is 1.22 bits per heavy atom. The number of nitrogens with one attached hydrogen (secondary N) is 2. The lowest BCUT2D eigenvalue weighted by atomic mass is 9.91. The van der Waals surface area contributed by atoms with Crippen LogP contribution in [-0.4, -0.2) is 28.0 Å². The Kier molecular flexibility index (Phi) is 4.91. The normalized spacial score (nSPS) is 19.7. The van der Waals surface area contributed by atoms with Gasteiger partial charge in [0.1, 0.15) is 10.6 Å². The molecule has 0 saturated heterocycles. The Hall–Kier alpha value is -2.71. The molecule has 0 bridgehead atoms. The molecule has 4 rings (SSSR count). The third-order valence-corrected chi connectivity index (χ3v) is 5.84. The number of primary amides is 1. The van der Waals surface area contributed by atoms with Crippen molar-refractivity contribution in [2.75, 3.05) is 10.6 Å². The molecule has 0 aliphatic heterocycles. The monoisotopic (exact) mass is 382 g/mol. The molecule has 1 saturated carbocycles. The fourth-order valence-corrected chi connectivity index (χ4v) is 4.31. The van der Waals surface area contributed by atoms with Gasteiger partial charge in [0.05, 0.1) is 16.9 Å². The third-order valence-electron chi connectivity index (χ3n) is 4.94. The summed E-state index contributed by atoms with van der Waals surface area (Å²) in [5.74, 6) is 0.158. The zero-order valence-corrected chi connectivity index (χ0v) is 15.6. The number of anilines is 3. The lowest BCUT2D eigenvalue weighted by Gasteiger charge is -2.29. The number of carbonyl (C=O) groups is 1. The maximum Gasteiger partial charge on any atom is 0.252 e. The van der Waals surface area contributed by atoms with Gasteiger partial charge in [-0.15, -0.1) is 11.3 Å². The molecule has 1 fully saturated rings. The number of amides is 1. The Bertz CT molecular complexity index is 972. The summed E-state index contributed by atoms with van der Waals surface area (Å²) in [5, 5.41) is 9.72. The van der Waals surface area contributed by atoms with Gasteiger partial charge in [0.25, 0.3) is 5.91 Å². The molecule has 0 radical (unpaired) electrons. The van der Waals surface area contributed by atoms with Crippen LogP contribution in [0.1, 0.15) is 36.0 Å². The molecule has 2 atom stereocenters. The van der Waals surface area contributed by atoms with Gasteiger partial charge in [-0.3, -0.25) is 4.79 Å². The quantitative estimate of drug-likeness (QED) is 0.538. The van der Waals surface area contributed by atoms with E-state index in [4.69, 9.17) is 11.5 Å². The molecule has 3 aromatic heterocycles. The maximum absolute atomic E-state index is 11.9. The molecule has 3 heterocycles. The summed E-state index contributed by atoms with van der Waals surface area (Å²) in [4.78, 5) is 21.5. The van der Waals surface area contributed by atoms with Gasteiger partial charge in [-0.2, -0.15) is 0 Å². The minimum absolute atomic E-state index is 0.111. The number of rotatable bonds is 5. The predicted molar refractivity (Wildman–Crippen MR) is 110 cm³/mol. The number of nitrogens with two attached hydrogens (primary N) is 2. The van der Waals surface area contributed by atoms with Gasteiger partial charge in [0, 0.05) is 41.3 Å². The Balaban J connectivity index is 1.64. The summed E-state index contributed by atoms with van der Waals surface area (Å²) in [5.41, 5.74) is 13.6. The molecule has 1 aliphatic carbocycles. The van der Waals surface area contributed by atoms with Crippen LogP contribution in [-0.2, 0) is 0 Å². The molecule has 27 heavy (non-hydrogen) atoms. The van der Waals surface area contributed by atoms with Crippen molar-refractivity contribution < 1.29 is 4.79 Å². The van der Waals surface area contributed by atoms with E-state index in [0.717, 1.165) is 35.2 Å². The first-order valence-electron chi connectivity index (χ1n) is 9.03. The van der Waals surface area contributed by atoms with E-state index in [1.165, 1.54) is 12.6 Å². The highest BCUT2D eigenvalue weighted by molar-refractivity contribution is 7.17. The highest BCUT2D eigenvalue weighted by atomic mass is 32.1. The van der Waals surface area contributed by atoms with Crippen molar-refractivity contribution in [3.8, 4) is 0 Å². The van der Waals surface area contributed by atoms with E-state index in [9.17, 15) is 4.79 Å². The SMILES string of the molecule is NC(=O)c1cnc(N[C@@H]2CCCC[C@@H]2N)cc1Nc1csc2ncccc12. The summed E-state index contributed by atoms with van der Waals surface area (Å²) >= 11 is 1.54. The first kappa shape index (κ1) is 17.7. The lowest BCUT2D eigenvalue weighted by molar-refractivity contribution is 0.100. The second-order valence-electron chi connectivity index (χ2n) is 6.81. The summed E-state index contributed by atoms with van der Waals surface area (Å²) in [6.07, 6.45) is 7.62. The average molecular weight is 382 g/mol. The zero-order valence-electron chi connectivity index (χ0n) is 14.8. The number of nitrogens with zero attached hydrogens (tertiary/aromatic N) is 2. The lowest BCUT2D eigenvalue weighted by Crippen LogP contribution is -2.42. The second kappa shape index (κ2) is 7.50. The average Bonchev–Trinajstić information content (AvgIpc) is 3.07. The Labute approximate surface area is 161 Å². The molecule has 3 aromatic rings. The van der Waals surface area contributed by atoms with E-state index in [0.29, 0.717) is 17.1 Å². The number of fused-ring (bicyclic) bond motifs is 1. The van der Waals surface area contributed by atoms with E-state index in [-0.39, 0.29) is 12.1 Å². The summed E-state index contributed by atoms with van der Waals surface area (Å²) in [7, 11) is 0. The molecule has 0 aromatic carbocycles. The van der Waals surface area contributed by atoms with E-state index >= 15 is 0 Å². The first-order chi connectivity index (χ1) is 13.1. The Morgan fingerprint density at radius 2 is 2.07 bits per heavy atom. The van der Waals surface area contributed by atoms with Crippen LogP contribution < -0.4 is 22.1 Å². The summed E-state index contributed by atoms with van der Waals surface area (Å²) < 4.78 is 0. The second-order valence-corrected chi connectivity index (χ2v) is 7.67. The number of thiophene rings is 1. The summed E-state index contributed by atoms with van der Waals surface area (Å²) in [6, 6.07) is 6.00. The maximum atomic E-state index is 11.9. The van der Waals surface area contributed by atoms with Crippen LogP contribution in [0.15, 0.2) is 36.0 Å². The topological polar surface area (TPSA) is 119 Å². The number of aromatic nitrogens is 2. The predicted octanol–water partition coefficient (Wildman–Crippen LogP) is 3.22. The van der Waals surface area contributed by atoms with E-state index in [2.05, 4.69) is 20.6 Å². The van der Waals surface area contributed by atoms with Crippen molar-refractivity contribution >= 4 is 44.7 Å². The van der Waals surface area contributed by atoms with Crippen molar-refractivity contribution in [1.29, 1.82) is 0 Å². The van der Waals surface area contributed by atoms with Gasteiger partial charge in [-0.05, 0) is 25.0 Å². The smallest absolute Gasteiger partial charge is 0.252 e. The number of carbonyl (C=O) groups excluding carboxylic acids is 1. The van der Waals surface area contributed by atoms with Gasteiger partial charge < -0.3 is 22.1 Å². The largest absolute Gasteiger partial charge is 0.366 e. The fourth-order valence-electron chi connectivity index (χ4n) is 3.47. The highest BCUT2D eigenvalue weighted by Crippen LogP contribution is 2.32. The van der Waals surface area contributed by atoms with Gasteiger partial charge in [-0.25, -0.2) is 9.97 Å². The van der Waals surface area contributed by atoms with Crippen LogP contribution in [0.3, 0.4) is 0 Å². The van der Waals surface area contributed by atoms with E-state index in [1.54, 1.807) is 17.5 Å². The van der Waals surface area contributed by atoms with Gasteiger partial charge in [-0.1, -0.05) is 12.8 Å². The van der Waals surface area contributed by atoms with Crippen LogP contribution in [0.2, 0.25) is 0 Å². The third kappa shape index (κ3) is 3.72. The zero-order chi connectivity index (χ0) is 18.8. The first-order valence-corrected chi connectivity index (χ1v) is 9.91. The molecule has 0 unspecified atom stereocenters. The van der Waals surface area contributed by atoms with Crippen molar-refractivity contribution in [3.63, 3.8) is 0 Å². The molecule has 8 heteroatoms. The minimum atomic E-state index is -0.524. The molecular weight excluding hydrogens is 360 g/mol. The standard InChI is InChI=1S/C19H22N6OS/c20-13-5-1-2-6-14(13)25-17-8-15(12(9-23-17)18(21)26)24-16-10-27-19-11(16)4-3-7-22-19/h3-4,7-10,13-14H,1-2,5-6,20H2,(H2,21,26)(H2,23,24,25)/t13-,14+/m0/s1. The molecule has 140 valence electrons. The van der Waals surface area contributed by atoms with Crippen LogP contribution in [0.5, 0.6) is 0 Å². The van der Waals surface area contributed by atoms with Crippen molar-refractivity contribution in [2.45, 2.75) is 37.8 Å². The van der Waals surface area contributed by atoms with Gasteiger partial charge in [0.15, 0.2) is 0 Å². The molecule has 1 aliphatic rings.